The fraction of sp³-hybridized carbons (Fsp3) is 0.0833. The highest BCUT2D eigenvalue weighted by Gasteiger charge is 2.13. The molecule has 0 N–H and O–H groups in total. The number of hydrogen-bond acceptors (Lipinski definition) is 2. The summed E-state index contributed by atoms with van der Waals surface area (Å²) in [6.07, 6.45) is 0. The highest BCUT2D eigenvalue weighted by Crippen LogP contribution is 2.25. The Morgan fingerprint density at radius 2 is 2.12 bits per heavy atom. The summed E-state index contributed by atoms with van der Waals surface area (Å²) in [5.74, 6) is 0.0212. The van der Waals surface area contributed by atoms with Crippen molar-refractivity contribution in [2.45, 2.75) is 6.92 Å². The summed E-state index contributed by atoms with van der Waals surface area (Å²) >= 11 is 10.8. The number of thiophene rings is 1. The Morgan fingerprint density at radius 3 is 2.69 bits per heavy atom. The van der Waals surface area contributed by atoms with Crippen molar-refractivity contribution in [3.63, 3.8) is 0 Å². The Labute approximate surface area is 111 Å². The molecule has 0 saturated heterocycles. The van der Waals surface area contributed by atoms with Gasteiger partial charge in [0.25, 0.3) is 0 Å². The Balaban J connectivity index is 2.41. The summed E-state index contributed by atoms with van der Waals surface area (Å²) in [5.41, 5.74) is 1.37. The minimum atomic E-state index is 0.0212. The smallest absolute Gasteiger partial charge is 0.195 e. The highest BCUT2D eigenvalue weighted by atomic mass is 79.9. The van der Waals surface area contributed by atoms with Gasteiger partial charge >= 0.3 is 0 Å². The third-order valence-electron chi connectivity index (χ3n) is 2.17. The standard InChI is InChI=1S/C12H8BrClOS/c1-7-4-8(6-16-7)12(15)10-3-2-9(14)5-11(10)13/h2-6H,1H3. The lowest BCUT2D eigenvalue weighted by molar-refractivity contribution is 0.103. The number of ketones is 1. The summed E-state index contributed by atoms with van der Waals surface area (Å²) in [6.45, 7) is 1.98. The molecule has 4 heteroatoms. The molecule has 1 heterocycles. The number of carbonyl (C=O) groups excluding carboxylic acids is 1. The number of aryl methyl sites for hydroxylation is 1. The molecule has 2 aromatic rings. The Kier molecular flexibility index (Phi) is 3.47. The molecule has 0 spiro atoms. The lowest BCUT2D eigenvalue weighted by atomic mass is 10.1. The van der Waals surface area contributed by atoms with Crippen LogP contribution in [0.25, 0.3) is 0 Å². The normalized spacial score (nSPS) is 10.4. The van der Waals surface area contributed by atoms with Crippen LogP contribution in [0.3, 0.4) is 0 Å². The first-order valence-corrected chi connectivity index (χ1v) is 6.68. The molecule has 0 amide bonds. The molecule has 0 radical (unpaired) electrons. The van der Waals surface area contributed by atoms with Crippen molar-refractivity contribution in [3.05, 3.63) is 55.1 Å². The fourth-order valence-corrected chi connectivity index (χ4v) is 2.94. The quantitative estimate of drug-likeness (QED) is 0.734. The number of carbonyl (C=O) groups is 1. The zero-order chi connectivity index (χ0) is 11.7. The molecule has 0 fully saturated rings. The molecule has 0 aliphatic rings. The average Bonchev–Trinajstić information content (AvgIpc) is 2.64. The van der Waals surface area contributed by atoms with Gasteiger partial charge in [0, 0.05) is 30.9 Å². The maximum atomic E-state index is 12.1. The van der Waals surface area contributed by atoms with Crippen LogP contribution in [0.15, 0.2) is 34.1 Å². The Hall–Kier alpha value is -0.640. The van der Waals surface area contributed by atoms with Gasteiger partial charge < -0.3 is 0 Å². The topological polar surface area (TPSA) is 17.1 Å². The van der Waals surface area contributed by atoms with E-state index in [1.807, 2.05) is 18.4 Å². The maximum Gasteiger partial charge on any atom is 0.195 e. The van der Waals surface area contributed by atoms with Crippen LogP contribution in [0, 0.1) is 6.92 Å². The van der Waals surface area contributed by atoms with Crippen LogP contribution in [-0.4, -0.2) is 5.78 Å². The van der Waals surface area contributed by atoms with Gasteiger partial charge in [-0.15, -0.1) is 11.3 Å². The molecule has 16 heavy (non-hydrogen) atoms. The van der Waals surface area contributed by atoms with E-state index >= 15 is 0 Å². The van der Waals surface area contributed by atoms with E-state index < -0.39 is 0 Å². The number of rotatable bonds is 2. The average molecular weight is 316 g/mol. The van der Waals surface area contributed by atoms with Crippen LogP contribution < -0.4 is 0 Å². The third-order valence-corrected chi connectivity index (χ3v) is 3.92. The summed E-state index contributed by atoms with van der Waals surface area (Å²) in [6, 6.07) is 7.09. The fourth-order valence-electron chi connectivity index (χ4n) is 1.39. The van der Waals surface area contributed by atoms with E-state index in [9.17, 15) is 4.79 Å². The Bertz CT molecular complexity index is 548. The molecular formula is C12H8BrClOS. The third kappa shape index (κ3) is 2.37. The lowest BCUT2D eigenvalue weighted by Gasteiger charge is -2.02. The van der Waals surface area contributed by atoms with Gasteiger partial charge in [-0.05, 0) is 47.1 Å². The van der Waals surface area contributed by atoms with E-state index in [1.54, 1.807) is 29.5 Å². The van der Waals surface area contributed by atoms with Gasteiger partial charge in [0.05, 0.1) is 0 Å². The summed E-state index contributed by atoms with van der Waals surface area (Å²) in [4.78, 5) is 13.3. The number of benzene rings is 1. The van der Waals surface area contributed by atoms with E-state index in [0.717, 1.165) is 14.9 Å². The van der Waals surface area contributed by atoms with Crippen molar-refractivity contribution in [1.82, 2.24) is 0 Å². The van der Waals surface area contributed by atoms with Crippen LogP contribution in [0.2, 0.25) is 5.02 Å². The minimum absolute atomic E-state index is 0.0212. The van der Waals surface area contributed by atoms with Crippen LogP contribution in [-0.2, 0) is 0 Å². The summed E-state index contributed by atoms with van der Waals surface area (Å²) < 4.78 is 0.730. The highest BCUT2D eigenvalue weighted by molar-refractivity contribution is 9.10. The molecular weight excluding hydrogens is 308 g/mol. The van der Waals surface area contributed by atoms with Crippen LogP contribution in [0.4, 0.5) is 0 Å². The summed E-state index contributed by atoms with van der Waals surface area (Å²) in [5, 5.41) is 2.49. The van der Waals surface area contributed by atoms with Gasteiger partial charge in [-0.1, -0.05) is 11.6 Å². The van der Waals surface area contributed by atoms with Gasteiger partial charge in [-0.3, -0.25) is 4.79 Å². The molecule has 0 aliphatic carbocycles. The predicted molar refractivity (Wildman–Crippen MR) is 71.6 cm³/mol. The second-order valence-corrected chi connectivity index (χ2v) is 5.81. The maximum absolute atomic E-state index is 12.1. The van der Waals surface area contributed by atoms with Crippen molar-refractivity contribution in [2.75, 3.05) is 0 Å². The zero-order valence-electron chi connectivity index (χ0n) is 8.46. The van der Waals surface area contributed by atoms with Crippen molar-refractivity contribution in [2.24, 2.45) is 0 Å². The molecule has 0 atom stereocenters. The first-order chi connectivity index (χ1) is 7.58. The first kappa shape index (κ1) is 11.8. The van der Waals surface area contributed by atoms with Gasteiger partial charge in [0.15, 0.2) is 5.78 Å². The van der Waals surface area contributed by atoms with E-state index in [-0.39, 0.29) is 5.78 Å². The predicted octanol–water partition coefficient (Wildman–Crippen LogP) is 4.70. The van der Waals surface area contributed by atoms with Crippen LogP contribution in [0.1, 0.15) is 20.8 Å². The van der Waals surface area contributed by atoms with Crippen molar-refractivity contribution in [3.8, 4) is 0 Å². The first-order valence-electron chi connectivity index (χ1n) is 4.63. The van der Waals surface area contributed by atoms with Gasteiger partial charge in [-0.2, -0.15) is 0 Å². The molecule has 0 unspecified atom stereocenters. The van der Waals surface area contributed by atoms with Gasteiger partial charge in [0.2, 0.25) is 0 Å². The van der Waals surface area contributed by atoms with Crippen molar-refractivity contribution >= 4 is 44.7 Å². The zero-order valence-corrected chi connectivity index (χ0v) is 11.6. The van der Waals surface area contributed by atoms with Crippen molar-refractivity contribution < 1.29 is 4.79 Å². The van der Waals surface area contributed by atoms with Crippen LogP contribution in [0.5, 0.6) is 0 Å². The monoisotopic (exact) mass is 314 g/mol. The second kappa shape index (κ2) is 4.70. The van der Waals surface area contributed by atoms with Crippen LogP contribution >= 0.6 is 38.9 Å². The SMILES string of the molecule is Cc1cc(C(=O)c2ccc(Cl)cc2Br)cs1. The van der Waals surface area contributed by atoms with Gasteiger partial charge in [0.1, 0.15) is 0 Å². The van der Waals surface area contributed by atoms with Crippen molar-refractivity contribution in [1.29, 1.82) is 0 Å². The number of hydrogen-bond donors (Lipinski definition) is 0. The summed E-state index contributed by atoms with van der Waals surface area (Å²) in [7, 11) is 0. The molecule has 0 bridgehead atoms. The van der Waals surface area contributed by atoms with E-state index in [4.69, 9.17) is 11.6 Å². The molecule has 1 aromatic carbocycles. The molecule has 0 saturated carbocycles. The van der Waals surface area contributed by atoms with E-state index in [2.05, 4.69) is 15.9 Å². The Morgan fingerprint density at radius 1 is 1.38 bits per heavy atom. The number of halogens is 2. The minimum Gasteiger partial charge on any atom is -0.289 e. The lowest BCUT2D eigenvalue weighted by Crippen LogP contribution is -2.00. The molecule has 2 rings (SSSR count). The molecule has 82 valence electrons. The second-order valence-electron chi connectivity index (χ2n) is 3.40. The van der Waals surface area contributed by atoms with E-state index in [0.29, 0.717) is 10.6 Å². The molecule has 1 nitrogen and oxygen atoms in total. The molecule has 1 aromatic heterocycles. The largest absolute Gasteiger partial charge is 0.289 e. The van der Waals surface area contributed by atoms with E-state index in [1.165, 1.54) is 0 Å². The van der Waals surface area contributed by atoms with Gasteiger partial charge in [-0.25, -0.2) is 0 Å². The molecule has 0 aliphatic heterocycles.